The molecule has 0 fully saturated rings. The highest BCUT2D eigenvalue weighted by molar-refractivity contribution is 5.75. The van der Waals surface area contributed by atoms with Crippen LogP contribution in [0.5, 0.6) is 0 Å². The Morgan fingerprint density at radius 1 is 1.15 bits per heavy atom. The van der Waals surface area contributed by atoms with Crippen LogP contribution in [0.15, 0.2) is 48.7 Å². The third-order valence-electron chi connectivity index (χ3n) is 2.97. The molecule has 0 spiro atoms. The smallest absolute Gasteiger partial charge is 0.220 e. The van der Waals surface area contributed by atoms with Crippen molar-refractivity contribution in [1.82, 2.24) is 10.3 Å². The molecule has 20 heavy (non-hydrogen) atoms. The molecule has 0 unspecified atom stereocenters. The number of rotatable bonds is 6. The van der Waals surface area contributed by atoms with Crippen molar-refractivity contribution in [2.24, 2.45) is 0 Å². The number of benzene rings is 1. The Bertz CT molecular complexity index is 540. The summed E-state index contributed by atoms with van der Waals surface area (Å²) in [4.78, 5) is 15.9. The van der Waals surface area contributed by atoms with E-state index in [-0.39, 0.29) is 11.7 Å². The summed E-state index contributed by atoms with van der Waals surface area (Å²) in [6.45, 7) is 0.433. The van der Waals surface area contributed by atoms with Gasteiger partial charge in [0.05, 0.1) is 0 Å². The predicted octanol–water partition coefficient (Wildman–Crippen LogP) is 2.86. The highest BCUT2D eigenvalue weighted by Crippen LogP contribution is 2.04. The summed E-state index contributed by atoms with van der Waals surface area (Å²) in [5, 5.41) is 2.82. The Balaban J connectivity index is 1.67. The molecule has 1 amide bonds. The highest BCUT2D eigenvalue weighted by atomic mass is 19.1. The van der Waals surface area contributed by atoms with Gasteiger partial charge in [0, 0.05) is 24.9 Å². The number of nitrogens with one attached hydrogen (secondary N) is 1. The number of halogens is 1. The second-order valence-corrected chi connectivity index (χ2v) is 4.58. The number of carbonyl (C=O) groups is 1. The van der Waals surface area contributed by atoms with Crippen LogP contribution in [0, 0.1) is 5.82 Å². The first-order chi connectivity index (χ1) is 9.74. The molecule has 2 aromatic rings. The third-order valence-corrected chi connectivity index (χ3v) is 2.97. The van der Waals surface area contributed by atoms with Gasteiger partial charge in [0.25, 0.3) is 0 Å². The molecule has 104 valence electrons. The van der Waals surface area contributed by atoms with Crippen molar-refractivity contribution in [3.63, 3.8) is 0 Å². The number of carbonyl (C=O) groups excluding carboxylic acids is 1. The lowest BCUT2D eigenvalue weighted by atomic mass is 10.1. The van der Waals surface area contributed by atoms with Crippen LogP contribution in [0.25, 0.3) is 0 Å². The summed E-state index contributed by atoms with van der Waals surface area (Å²) in [5.74, 6) is -0.263. The lowest BCUT2D eigenvalue weighted by molar-refractivity contribution is -0.121. The largest absolute Gasteiger partial charge is 0.352 e. The van der Waals surface area contributed by atoms with Crippen LogP contribution in [0.1, 0.15) is 24.1 Å². The molecule has 3 nitrogen and oxygen atoms in total. The fourth-order valence-electron chi connectivity index (χ4n) is 1.87. The molecule has 0 aliphatic rings. The minimum absolute atomic E-state index is 0.00487. The lowest BCUT2D eigenvalue weighted by Gasteiger charge is -2.05. The molecule has 1 aromatic carbocycles. The molecule has 0 aliphatic carbocycles. The number of aromatic nitrogens is 1. The van der Waals surface area contributed by atoms with E-state index < -0.39 is 0 Å². The first-order valence-corrected chi connectivity index (χ1v) is 6.65. The maximum absolute atomic E-state index is 12.7. The summed E-state index contributed by atoms with van der Waals surface area (Å²) in [6.07, 6.45) is 3.79. The molecule has 1 heterocycles. The maximum atomic E-state index is 12.7. The number of aryl methyl sites for hydroxylation is 1. The minimum atomic E-state index is -0.268. The van der Waals surface area contributed by atoms with Gasteiger partial charge in [-0.05, 0) is 42.7 Å². The Kier molecular flexibility index (Phi) is 5.24. The van der Waals surface area contributed by atoms with Crippen LogP contribution < -0.4 is 5.32 Å². The van der Waals surface area contributed by atoms with Gasteiger partial charge in [0.2, 0.25) is 5.91 Å². The van der Waals surface area contributed by atoms with Gasteiger partial charge in [-0.15, -0.1) is 0 Å². The van der Waals surface area contributed by atoms with Crippen LogP contribution in [-0.2, 0) is 17.8 Å². The first kappa shape index (κ1) is 14.2. The molecule has 0 saturated carbocycles. The molecule has 0 aliphatic heterocycles. The Labute approximate surface area is 117 Å². The summed E-state index contributed by atoms with van der Waals surface area (Å²) in [5.41, 5.74) is 1.89. The van der Waals surface area contributed by atoms with E-state index in [0.29, 0.717) is 13.0 Å². The van der Waals surface area contributed by atoms with Crippen molar-refractivity contribution in [3.05, 3.63) is 65.7 Å². The monoisotopic (exact) mass is 272 g/mol. The Hall–Kier alpha value is -2.23. The van der Waals surface area contributed by atoms with Crippen LogP contribution in [-0.4, -0.2) is 10.9 Å². The fourth-order valence-corrected chi connectivity index (χ4v) is 1.87. The van der Waals surface area contributed by atoms with Gasteiger partial charge in [-0.2, -0.15) is 0 Å². The van der Waals surface area contributed by atoms with Gasteiger partial charge in [-0.1, -0.05) is 18.2 Å². The second kappa shape index (κ2) is 7.38. The van der Waals surface area contributed by atoms with Crippen LogP contribution in [0.3, 0.4) is 0 Å². The minimum Gasteiger partial charge on any atom is -0.352 e. The first-order valence-electron chi connectivity index (χ1n) is 6.65. The standard InChI is InChI=1S/C16H17FN2O/c17-14-9-7-13(8-10-14)12-19-16(20)6-3-5-15-4-1-2-11-18-15/h1-2,4,7-11H,3,5-6,12H2,(H,19,20). The zero-order chi connectivity index (χ0) is 14.2. The SMILES string of the molecule is O=C(CCCc1ccccn1)NCc1ccc(F)cc1. The molecule has 0 radical (unpaired) electrons. The molecule has 4 heteroatoms. The van der Waals surface area contributed by atoms with E-state index in [9.17, 15) is 9.18 Å². The van der Waals surface area contributed by atoms with E-state index in [4.69, 9.17) is 0 Å². The summed E-state index contributed by atoms with van der Waals surface area (Å²) in [6, 6.07) is 11.9. The molecule has 0 saturated heterocycles. The molecule has 0 bridgehead atoms. The van der Waals surface area contributed by atoms with Crippen molar-refractivity contribution in [2.45, 2.75) is 25.8 Å². The third kappa shape index (κ3) is 4.80. The van der Waals surface area contributed by atoms with Gasteiger partial charge in [0.15, 0.2) is 0 Å². The summed E-state index contributed by atoms with van der Waals surface area (Å²) >= 11 is 0. The van der Waals surface area contributed by atoms with Crippen LogP contribution in [0.4, 0.5) is 4.39 Å². The van der Waals surface area contributed by atoms with Gasteiger partial charge in [-0.3, -0.25) is 9.78 Å². The zero-order valence-corrected chi connectivity index (χ0v) is 11.2. The lowest BCUT2D eigenvalue weighted by Crippen LogP contribution is -2.22. The van der Waals surface area contributed by atoms with E-state index in [2.05, 4.69) is 10.3 Å². The quantitative estimate of drug-likeness (QED) is 0.878. The van der Waals surface area contributed by atoms with Crippen LogP contribution in [0.2, 0.25) is 0 Å². The van der Waals surface area contributed by atoms with E-state index in [1.165, 1.54) is 12.1 Å². The van der Waals surface area contributed by atoms with E-state index in [1.54, 1.807) is 18.3 Å². The second-order valence-electron chi connectivity index (χ2n) is 4.58. The van der Waals surface area contributed by atoms with Crippen molar-refractivity contribution in [1.29, 1.82) is 0 Å². The summed E-state index contributed by atoms with van der Waals surface area (Å²) < 4.78 is 12.7. The predicted molar refractivity (Wildman–Crippen MR) is 75.4 cm³/mol. The number of amides is 1. The van der Waals surface area contributed by atoms with Crippen molar-refractivity contribution >= 4 is 5.91 Å². The average Bonchev–Trinajstić information content (AvgIpc) is 2.48. The number of hydrogen-bond acceptors (Lipinski definition) is 2. The van der Waals surface area contributed by atoms with Crippen molar-refractivity contribution < 1.29 is 9.18 Å². The van der Waals surface area contributed by atoms with Gasteiger partial charge >= 0.3 is 0 Å². The van der Waals surface area contributed by atoms with Crippen molar-refractivity contribution in [3.8, 4) is 0 Å². The maximum Gasteiger partial charge on any atom is 0.220 e. The van der Waals surface area contributed by atoms with Crippen molar-refractivity contribution in [2.75, 3.05) is 0 Å². The zero-order valence-electron chi connectivity index (χ0n) is 11.2. The molecular weight excluding hydrogens is 255 g/mol. The van der Waals surface area contributed by atoms with Gasteiger partial charge in [0.1, 0.15) is 5.82 Å². The normalized spacial score (nSPS) is 10.2. The topological polar surface area (TPSA) is 42.0 Å². The number of nitrogens with zero attached hydrogens (tertiary/aromatic N) is 1. The van der Waals surface area contributed by atoms with E-state index >= 15 is 0 Å². The van der Waals surface area contributed by atoms with Gasteiger partial charge < -0.3 is 5.32 Å². The highest BCUT2D eigenvalue weighted by Gasteiger charge is 2.02. The Morgan fingerprint density at radius 2 is 1.95 bits per heavy atom. The number of pyridine rings is 1. The average molecular weight is 272 g/mol. The van der Waals surface area contributed by atoms with E-state index in [1.807, 2.05) is 18.2 Å². The molecule has 1 N–H and O–H groups in total. The van der Waals surface area contributed by atoms with Crippen LogP contribution >= 0.6 is 0 Å². The Morgan fingerprint density at radius 3 is 2.65 bits per heavy atom. The number of hydrogen-bond donors (Lipinski definition) is 1. The fraction of sp³-hybridized carbons (Fsp3) is 0.250. The molecule has 1 aromatic heterocycles. The molecule has 0 atom stereocenters. The van der Waals surface area contributed by atoms with Gasteiger partial charge in [-0.25, -0.2) is 4.39 Å². The summed E-state index contributed by atoms with van der Waals surface area (Å²) in [7, 11) is 0. The molecule has 2 rings (SSSR count). The van der Waals surface area contributed by atoms with E-state index in [0.717, 1.165) is 24.1 Å². The molecular formula is C16H17FN2O.